The zero-order chi connectivity index (χ0) is 10.7. The highest BCUT2D eigenvalue weighted by atomic mass is 16.3. The molecule has 1 aromatic rings. The van der Waals surface area contributed by atoms with Crippen molar-refractivity contribution in [2.75, 3.05) is 6.61 Å². The molecule has 1 N–H and O–H groups in total. The summed E-state index contributed by atoms with van der Waals surface area (Å²) >= 11 is 0. The molecule has 1 atom stereocenters. The van der Waals surface area contributed by atoms with E-state index in [0.717, 1.165) is 12.8 Å². The van der Waals surface area contributed by atoms with Gasteiger partial charge in [0.2, 0.25) is 0 Å². The molecule has 0 amide bonds. The lowest BCUT2D eigenvalue weighted by atomic mass is 9.92. The fourth-order valence-electron chi connectivity index (χ4n) is 2.32. The Kier molecular flexibility index (Phi) is 3.22. The number of rotatable bonds is 3. The number of hydrogen-bond donors (Lipinski definition) is 1. The van der Waals surface area contributed by atoms with Gasteiger partial charge in [-0.15, -0.1) is 0 Å². The third-order valence-electron chi connectivity index (χ3n) is 3.18. The van der Waals surface area contributed by atoms with Crippen LogP contribution in [0.1, 0.15) is 30.4 Å². The van der Waals surface area contributed by atoms with E-state index in [1.165, 1.54) is 23.1 Å². The van der Waals surface area contributed by atoms with Crippen LogP contribution in [0.3, 0.4) is 0 Å². The molecule has 0 spiro atoms. The summed E-state index contributed by atoms with van der Waals surface area (Å²) in [7, 11) is 0. The van der Waals surface area contributed by atoms with E-state index in [0.29, 0.717) is 12.5 Å². The van der Waals surface area contributed by atoms with E-state index < -0.39 is 0 Å². The zero-order valence-corrected chi connectivity index (χ0v) is 9.24. The van der Waals surface area contributed by atoms with Gasteiger partial charge in [-0.05, 0) is 43.2 Å². The van der Waals surface area contributed by atoms with Gasteiger partial charge in [-0.1, -0.05) is 35.9 Å². The predicted molar refractivity (Wildman–Crippen MR) is 63.6 cm³/mol. The Morgan fingerprint density at radius 2 is 2.00 bits per heavy atom. The van der Waals surface area contributed by atoms with E-state index in [1.54, 1.807) is 0 Å². The minimum absolute atomic E-state index is 0.299. The maximum Gasteiger partial charge on any atom is 0.0436 e. The van der Waals surface area contributed by atoms with Crippen molar-refractivity contribution < 1.29 is 5.11 Å². The van der Waals surface area contributed by atoms with Crippen LogP contribution in [-0.4, -0.2) is 11.7 Å². The molecule has 1 aliphatic rings. The summed E-state index contributed by atoms with van der Waals surface area (Å²) in [5, 5.41) is 9.01. The molecule has 1 nitrogen and oxygen atoms in total. The Labute approximate surface area is 91.4 Å². The van der Waals surface area contributed by atoms with Crippen molar-refractivity contribution in [3.63, 3.8) is 0 Å². The Morgan fingerprint density at radius 3 is 2.67 bits per heavy atom. The second kappa shape index (κ2) is 4.63. The molecule has 15 heavy (non-hydrogen) atoms. The highest BCUT2D eigenvalue weighted by Crippen LogP contribution is 2.35. The first-order chi connectivity index (χ1) is 7.31. The first-order valence-corrected chi connectivity index (χ1v) is 5.69. The van der Waals surface area contributed by atoms with Crippen LogP contribution >= 0.6 is 0 Å². The fourth-order valence-corrected chi connectivity index (χ4v) is 2.32. The Balaban J connectivity index is 2.19. The standard InChI is InChI=1S/C14H18O/c1-11-5-7-13(8-6-11)14-4-2-3-12(14)9-10-15/h4-8,12,15H,2-3,9-10H2,1H3/t12-/m0/s1. The number of aryl methyl sites for hydroxylation is 1. The van der Waals surface area contributed by atoms with E-state index in [1.807, 2.05) is 0 Å². The summed E-state index contributed by atoms with van der Waals surface area (Å²) in [6, 6.07) is 8.70. The van der Waals surface area contributed by atoms with Gasteiger partial charge in [0, 0.05) is 6.61 Å². The molecule has 0 bridgehead atoms. The molecule has 1 heteroatoms. The Morgan fingerprint density at radius 1 is 1.27 bits per heavy atom. The molecule has 0 saturated heterocycles. The highest BCUT2D eigenvalue weighted by molar-refractivity contribution is 5.69. The van der Waals surface area contributed by atoms with E-state index >= 15 is 0 Å². The number of benzene rings is 1. The number of aliphatic hydroxyl groups is 1. The average Bonchev–Trinajstić information content (AvgIpc) is 2.68. The largest absolute Gasteiger partial charge is 0.396 e. The monoisotopic (exact) mass is 202 g/mol. The minimum Gasteiger partial charge on any atom is -0.396 e. The van der Waals surface area contributed by atoms with Crippen molar-refractivity contribution in [1.29, 1.82) is 0 Å². The Hall–Kier alpha value is -1.08. The highest BCUT2D eigenvalue weighted by Gasteiger charge is 2.19. The lowest BCUT2D eigenvalue weighted by molar-refractivity contribution is 0.271. The molecule has 2 rings (SSSR count). The quantitative estimate of drug-likeness (QED) is 0.798. The maximum atomic E-state index is 9.01. The van der Waals surface area contributed by atoms with Crippen molar-refractivity contribution in [3.05, 3.63) is 41.5 Å². The van der Waals surface area contributed by atoms with Crippen molar-refractivity contribution in [3.8, 4) is 0 Å². The first kappa shape index (κ1) is 10.4. The van der Waals surface area contributed by atoms with Gasteiger partial charge in [-0.3, -0.25) is 0 Å². The maximum absolute atomic E-state index is 9.01. The van der Waals surface area contributed by atoms with E-state index in [9.17, 15) is 0 Å². The summed E-state index contributed by atoms with van der Waals surface area (Å²) in [4.78, 5) is 0. The van der Waals surface area contributed by atoms with Gasteiger partial charge < -0.3 is 5.11 Å². The van der Waals surface area contributed by atoms with Crippen molar-refractivity contribution in [1.82, 2.24) is 0 Å². The topological polar surface area (TPSA) is 20.2 Å². The molecule has 0 unspecified atom stereocenters. The molecule has 0 saturated carbocycles. The van der Waals surface area contributed by atoms with Crippen molar-refractivity contribution >= 4 is 5.57 Å². The summed E-state index contributed by atoms with van der Waals surface area (Å²) < 4.78 is 0. The molecule has 0 aliphatic heterocycles. The van der Waals surface area contributed by atoms with Gasteiger partial charge in [0.05, 0.1) is 0 Å². The predicted octanol–water partition coefficient (Wildman–Crippen LogP) is 3.17. The average molecular weight is 202 g/mol. The lowest BCUT2D eigenvalue weighted by Gasteiger charge is -2.13. The van der Waals surface area contributed by atoms with Crippen LogP contribution < -0.4 is 0 Å². The second-order valence-corrected chi connectivity index (χ2v) is 4.31. The summed E-state index contributed by atoms with van der Waals surface area (Å²) in [6.07, 6.45) is 5.59. The summed E-state index contributed by atoms with van der Waals surface area (Å²) in [5.41, 5.74) is 4.07. The number of hydrogen-bond acceptors (Lipinski definition) is 1. The van der Waals surface area contributed by atoms with E-state index in [4.69, 9.17) is 5.11 Å². The molecule has 0 radical (unpaired) electrons. The normalized spacial score (nSPS) is 20.4. The Bertz CT molecular complexity index is 348. The van der Waals surface area contributed by atoms with Gasteiger partial charge in [-0.2, -0.15) is 0 Å². The van der Waals surface area contributed by atoms with Gasteiger partial charge in [0.15, 0.2) is 0 Å². The van der Waals surface area contributed by atoms with Crippen LogP contribution in [0.25, 0.3) is 5.57 Å². The van der Waals surface area contributed by atoms with Crippen LogP contribution in [0.2, 0.25) is 0 Å². The van der Waals surface area contributed by atoms with E-state index in [2.05, 4.69) is 37.3 Å². The van der Waals surface area contributed by atoms with Gasteiger partial charge in [0.25, 0.3) is 0 Å². The molecule has 80 valence electrons. The first-order valence-electron chi connectivity index (χ1n) is 5.69. The molecule has 0 aromatic heterocycles. The second-order valence-electron chi connectivity index (χ2n) is 4.31. The van der Waals surface area contributed by atoms with Crippen LogP contribution in [0, 0.1) is 12.8 Å². The van der Waals surface area contributed by atoms with Crippen LogP contribution in [0.5, 0.6) is 0 Å². The molecule has 1 aliphatic carbocycles. The molecular weight excluding hydrogens is 184 g/mol. The summed E-state index contributed by atoms with van der Waals surface area (Å²) in [6.45, 7) is 2.41. The SMILES string of the molecule is Cc1ccc(C2=CCC[C@H]2CCO)cc1. The molecule has 1 aromatic carbocycles. The van der Waals surface area contributed by atoms with Crippen LogP contribution in [0.15, 0.2) is 30.3 Å². The van der Waals surface area contributed by atoms with Crippen molar-refractivity contribution in [2.24, 2.45) is 5.92 Å². The van der Waals surface area contributed by atoms with Crippen LogP contribution in [0.4, 0.5) is 0 Å². The molecular formula is C14H18O. The van der Waals surface area contributed by atoms with Crippen LogP contribution in [-0.2, 0) is 0 Å². The number of allylic oxidation sites excluding steroid dienone is 2. The third kappa shape index (κ3) is 2.29. The minimum atomic E-state index is 0.299. The van der Waals surface area contributed by atoms with Gasteiger partial charge >= 0.3 is 0 Å². The lowest BCUT2D eigenvalue weighted by Crippen LogP contribution is -2.01. The summed E-state index contributed by atoms with van der Waals surface area (Å²) in [5.74, 6) is 0.567. The fraction of sp³-hybridized carbons (Fsp3) is 0.429. The third-order valence-corrected chi connectivity index (χ3v) is 3.18. The van der Waals surface area contributed by atoms with Gasteiger partial charge in [0.1, 0.15) is 0 Å². The van der Waals surface area contributed by atoms with Gasteiger partial charge in [-0.25, -0.2) is 0 Å². The molecule has 0 heterocycles. The smallest absolute Gasteiger partial charge is 0.0436 e. The van der Waals surface area contributed by atoms with E-state index in [-0.39, 0.29) is 0 Å². The zero-order valence-electron chi connectivity index (χ0n) is 9.24. The number of aliphatic hydroxyl groups excluding tert-OH is 1. The molecule has 0 fully saturated rings. The van der Waals surface area contributed by atoms with Crippen molar-refractivity contribution in [2.45, 2.75) is 26.2 Å².